The van der Waals surface area contributed by atoms with Gasteiger partial charge in [-0.1, -0.05) is 57.2 Å². The summed E-state index contributed by atoms with van der Waals surface area (Å²) in [5, 5.41) is 5.62. The van der Waals surface area contributed by atoms with Crippen LogP contribution in [0.2, 0.25) is 0 Å². The van der Waals surface area contributed by atoms with Gasteiger partial charge in [-0.25, -0.2) is 0 Å². The summed E-state index contributed by atoms with van der Waals surface area (Å²) >= 11 is 0. The molecule has 0 aliphatic carbocycles. The molecule has 0 radical (unpaired) electrons. The van der Waals surface area contributed by atoms with Gasteiger partial charge in [-0.3, -0.25) is 9.59 Å². The van der Waals surface area contributed by atoms with Crippen molar-refractivity contribution in [3.05, 3.63) is 71.3 Å². The van der Waals surface area contributed by atoms with Crippen molar-refractivity contribution in [1.29, 1.82) is 0 Å². The van der Waals surface area contributed by atoms with Crippen molar-refractivity contribution in [2.45, 2.75) is 32.6 Å². The van der Waals surface area contributed by atoms with Crippen LogP contribution in [0.5, 0.6) is 0 Å². The van der Waals surface area contributed by atoms with E-state index in [1.807, 2.05) is 12.1 Å². The van der Waals surface area contributed by atoms with Gasteiger partial charge < -0.3 is 15.4 Å². The average Bonchev–Trinajstić information content (AvgIpc) is 2.69. The van der Waals surface area contributed by atoms with Crippen molar-refractivity contribution in [2.75, 3.05) is 25.6 Å². The Bertz CT molecular complexity index is 849. The van der Waals surface area contributed by atoms with Gasteiger partial charge in [0.15, 0.2) is 0 Å². The van der Waals surface area contributed by atoms with Crippen LogP contribution in [0, 0.1) is 0 Å². The van der Waals surface area contributed by atoms with E-state index < -0.39 is 0 Å². The van der Waals surface area contributed by atoms with E-state index in [-0.39, 0.29) is 17.2 Å². The molecule has 2 aromatic rings. The molecule has 154 valence electrons. The number of hydrogen-bond acceptors (Lipinski definition) is 3. The number of ether oxygens (including phenoxy) is 1. The maximum atomic E-state index is 12.4. The summed E-state index contributed by atoms with van der Waals surface area (Å²) in [6, 6.07) is 15.1. The second-order valence-corrected chi connectivity index (χ2v) is 7.84. The molecule has 0 aliphatic rings. The Hall–Kier alpha value is -2.92. The van der Waals surface area contributed by atoms with Crippen molar-refractivity contribution in [3.63, 3.8) is 0 Å². The number of hydrogen-bond donors (Lipinski definition) is 2. The molecule has 2 amide bonds. The first kappa shape index (κ1) is 22.4. The molecule has 0 aromatic heterocycles. The lowest BCUT2D eigenvalue weighted by atomic mass is 9.87. The molecule has 0 saturated heterocycles. The summed E-state index contributed by atoms with van der Waals surface area (Å²) in [5.41, 5.74) is 3.19. The molecule has 0 atom stereocenters. The number of carbonyl (C=O) groups is 2. The van der Waals surface area contributed by atoms with E-state index in [0.29, 0.717) is 24.4 Å². The van der Waals surface area contributed by atoms with Gasteiger partial charge >= 0.3 is 0 Å². The second kappa shape index (κ2) is 10.6. The monoisotopic (exact) mass is 394 g/mol. The fourth-order valence-corrected chi connectivity index (χ4v) is 2.74. The summed E-state index contributed by atoms with van der Waals surface area (Å²) in [4.78, 5) is 24.7. The van der Waals surface area contributed by atoms with Crippen LogP contribution in [0.3, 0.4) is 0 Å². The molecular formula is C24H30N2O3. The van der Waals surface area contributed by atoms with E-state index in [4.69, 9.17) is 4.74 Å². The number of nitrogens with one attached hydrogen (secondary N) is 2. The third-order valence-electron chi connectivity index (χ3n) is 4.44. The number of benzene rings is 2. The minimum atomic E-state index is -0.287. The predicted molar refractivity (Wildman–Crippen MR) is 118 cm³/mol. The lowest BCUT2D eigenvalue weighted by molar-refractivity contribution is -0.111. The summed E-state index contributed by atoms with van der Waals surface area (Å²) in [7, 11) is 1.62. The lowest BCUT2D eigenvalue weighted by Gasteiger charge is -2.18. The van der Waals surface area contributed by atoms with E-state index in [1.54, 1.807) is 37.5 Å². The lowest BCUT2D eigenvalue weighted by Crippen LogP contribution is -2.26. The Morgan fingerprint density at radius 2 is 1.72 bits per heavy atom. The fraction of sp³-hybridized carbons (Fsp3) is 0.333. The maximum absolute atomic E-state index is 12.4. The molecule has 0 aliphatic heterocycles. The molecule has 0 spiro atoms. The minimum absolute atomic E-state index is 0.0907. The highest BCUT2D eigenvalue weighted by Gasteiger charge is 2.13. The van der Waals surface area contributed by atoms with Gasteiger partial charge in [-0.2, -0.15) is 0 Å². The quantitative estimate of drug-likeness (QED) is 0.515. The first-order valence-corrected chi connectivity index (χ1v) is 9.77. The molecule has 0 bridgehead atoms. The average molecular weight is 395 g/mol. The minimum Gasteiger partial charge on any atom is -0.385 e. The molecule has 0 fully saturated rings. The van der Waals surface area contributed by atoms with E-state index >= 15 is 0 Å². The summed E-state index contributed by atoms with van der Waals surface area (Å²) < 4.78 is 4.98. The Morgan fingerprint density at radius 1 is 1.03 bits per heavy atom. The normalized spacial score (nSPS) is 11.4. The van der Waals surface area contributed by atoms with Crippen LogP contribution in [-0.4, -0.2) is 32.1 Å². The van der Waals surface area contributed by atoms with Crippen LogP contribution in [0.15, 0.2) is 54.6 Å². The topological polar surface area (TPSA) is 67.4 Å². The van der Waals surface area contributed by atoms with E-state index in [0.717, 1.165) is 12.0 Å². The van der Waals surface area contributed by atoms with Crippen molar-refractivity contribution in [3.8, 4) is 0 Å². The smallest absolute Gasteiger partial charge is 0.253 e. The third kappa shape index (κ3) is 7.20. The standard InChI is InChI=1S/C24H30N2O3/c1-24(2,3)19-13-10-18(11-14-19)12-15-22(27)26-21-9-6-5-8-20(21)23(28)25-16-7-17-29-4/h5-6,8-15H,7,16-17H2,1-4H3,(H,25,28)(H,26,27)/b15-12+. The molecule has 29 heavy (non-hydrogen) atoms. The predicted octanol–water partition coefficient (Wildman–Crippen LogP) is 4.40. The largest absolute Gasteiger partial charge is 0.385 e. The Kier molecular flexibility index (Phi) is 8.16. The number of amides is 2. The Balaban J connectivity index is 2.00. The van der Waals surface area contributed by atoms with Gasteiger partial charge in [0.05, 0.1) is 11.3 Å². The van der Waals surface area contributed by atoms with Crippen LogP contribution in [0.25, 0.3) is 6.08 Å². The highest BCUT2D eigenvalue weighted by atomic mass is 16.5. The van der Waals surface area contributed by atoms with E-state index in [9.17, 15) is 9.59 Å². The Morgan fingerprint density at radius 3 is 2.38 bits per heavy atom. The van der Waals surface area contributed by atoms with Gasteiger partial charge in [0, 0.05) is 26.3 Å². The molecule has 0 heterocycles. The number of para-hydroxylation sites is 1. The van der Waals surface area contributed by atoms with Crippen LogP contribution in [0.4, 0.5) is 5.69 Å². The maximum Gasteiger partial charge on any atom is 0.253 e. The van der Waals surface area contributed by atoms with Crippen molar-refractivity contribution in [1.82, 2.24) is 5.32 Å². The molecule has 2 aromatic carbocycles. The zero-order valence-electron chi connectivity index (χ0n) is 17.6. The first-order chi connectivity index (χ1) is 13.8. The zero-order valence-corrected chi connectivity index (χ0v) is 17.6. The van der Waals surface area contributed by atoms with Crippen LogP contribution >= 0.6 is 0 Å². The fourth-order valence-electron chi connectivity index (χ4n) is 2.74. The van der Waals surface area contributed by atoms with Crippen molar-refractivity contribution < 1.29 is 14.3 Å². The summed E-state index contributed by atoms with van der Waals surface area (Å²) in [6.07, 6.45) is 3.96. The molecular weight excluding hydrogens is 364 g/mol. The van der Waals surface area contributed by atoms with Gasteiger partial charge in [-0.15, -0.1) is 0 Å². The third-order valence-corrected chi connectivity index (χ3v) is 4.44. The molecule has 0 saturated carbocycles. The number of anilines is 1. The molecule has 5 heteroatoms. The van der Waals surface area contributed by atoms with Gasteiger partial charge in [0.1, 0.15) is 0 Å². The molecule has 0 unspecified atom stereocenters. The SMILES string of the molecule is COCCCNC(=O)c1ccccc1NC(=O)/C=C/c1ccc(C(C)(C)C)cc1. The highest BCUT2D eigenvalue weighted by Crippen LogP contribution is 2.22. The van der Waals surface area contributed by atoms with Crippen LogP contribution < -0.4 is 10.6 Å². The van der Waals surface area contributed by atoms with Gasteiger partial charge in [-0.05, 0) is 41.2 Å². The molecule has 5 nitrogen and oxygen atoms in total. The van der Waals surface area contributed by atoms with Crippen LogP contribution in [0.1, 0.15) is 48.7 Å². The van der Waals surface area contributed by atoms with E-state index in [2.05, 4.69) is 43.5 Å². The molecule has 2 rings (SSSR count). The second-order valence-electron chi connectivity index (χ2n) is 7.84. The van der Waals surface area contributed by atoms with Gasteiger partial charge in [0.25, 0.3) is 5.91 Å². The highest BCUT2D eigenvalue weighted by molar-refractivity contribution is 6.07. The Labute approximate surface area is 173 Å². The number of methoxy groups -OCH3 is 1. The van der Waals surface area contributed by atoms with Crippen molar-refractivity contribution in [2.24, 2.45) is 0 Å². The van der Waals surface area contributed by atoms with Crippen LogP contribution in [-0.2, 0) is 14.9 Å². The van der Waals surface area contributed by atoms with E-state index in [1.165, 1.54) is 11.6 Å². The number of rotatable bonds is 8. The summed E-state index contributed by atoms with van der Waals surface area (Å²) in [5.74, 6) is -0.511. The molecule has 2 N–H and O–H groups in total. The van der Waals surface area contributed by atoms with Gasteiger partial charge in [0.2, 0.25) is 5.91 Å². The number of carbonyl (C=O) groups excluding carboxylic acids is 2. The van der Waals surface area contributed by atoms with Crippen molar-refractivity contribution >= 4 is 23.6 Å². The first-order valence-electron chi connectivity index (χ1n) is 9.77. The summed E-state index contributed by atoms with van der Waals surface area (Å²) in [6.45, 7) is 7.59. The zero-order chi connectivity index (χ0) is 21.3.